The van der Waals surface area contributed by atoms with Crippen LogP contribution in [0.15, 0.2) is 54.6 Å². The average molecular weight is 373 g/mol. The number of hydrogen-bond donors (Lipinski definition) is 1. The lowest BCUT2D eigenvalue weighted by molar-refractivity contribution is -0.137. The van der Waals surface area contributed by atoms with Crippen molar-refractivity contribution in [2.45, 2.75) is 25.4 Å². The molecule has 2 aliphatic rings. The number of aromatic nitrogens is 1. The maximum absolute atomic E-state index is 13.5. The van der Waals surface area contributed by atoms with Crippen LogP contribution < -0.4 is 0 Å². The molecule has 2 amide bonds. The molecule has 3 aromatic rings. The van der Waals surface area contributed by atoms with Crippen molar-refractivity contribution in [2.24, 2.45) is 5.92 Å². The van der Waals surface area contributed by atoms with Gasteiger partial charge in [-0.2, -0.15) is 0 Å². The number of carbonyl (C=O) groups excluding carboxylic acids is 2. The van der Waals surface area contributed by atoms with Crippen LogP contribution >= 0.6 is 0 Å². The molecule has 28 heavy (non-hydrogen) atoms. The minimum atomic E-state index is -0.327. The molecule has 0 bridgehead atoms. The van der Waals surface area contributed by atoms with Gasteiger partial charge >= 0.3 is 0 Å². The van der Waals surface area contributed by atoms with Gasteiger partial charge < -0.3 is 14.8 Å². The Morgan fingerprint density at radius 1 is 1.07 bits per heavy atom. The van der Waals surface area contributed by atoms with Crippen LogP contribution in [-0.4, -0.2) is 40.2 Å². The Bertz CT molecular complexity index is 1060. The predicted molar refractivity (Wildman–Crippen MR) is 107 cm³/mol. The van der Waals surface area contributed by atoms with Gasteiger partial charge in [0.15, 0.2) is 0 Å². The Kier molecular flexibility index (Phi) is 3.97. The highest BCUT2D eigenvalue weighted by Crippen LogP contribution is 2.39. The molecule has 5 heteroatoms. The van der Waals surface area contributed by atoms with Crippen LogP contribution in [0.4, 0.5) is 0 Å². The number of nitrogens with one attached hydrogen (secondary N) is 1. The molecule has 0 saturated carbocycles. The zero-order valence-electron chi connectivity index (χ0n) is 15.9. The number of aromatic amines is 1. The van der Waals surface area contributed by atoms with Crippen LogP contribution in [0.1, 0.15) is 29.3 Å². The number of carbonyl (C=O) groups is 2. The van der Waals surface area contributed by atoms with E-state index in [0.29, 0.717) is 13.1 Å². The summed E-state index contributed by atoms with van der Waals surface area (Å²) in [6, 6.07) is 18.0. The minimum Gasteiger partial charge on any atom is -0.358 e. The monoisotopic (exact) mass is 373 g/mol. The van der Waals surface area contributed by atoms with Crippen LogP contribution in [0, 0.1) is 5.92 Å². The molecule has 1 saturated heterocycles. The number of nitrogens with zero attached hydrogens (tertiary/aromatic N) is 2. The normalized spacial score (nSPS) is 22.0. The van der Waals surface area contributed by atoms with E-state index in [-0.39, 0.29) is 30.2 Å². The predicted octanol–water partition coefficient (Wildman–Crippen LogP) is 3.27. The summed E-state index contributed by atoms with van der Waals surface area (Å²) in [7, 11) is 1.81. The topological polar surface area (TPSA) is 56.4 Å². The molecule has 142 valence electrons. The molecule has 1 fully saturated rings. The smallest absolute Gasteiger partial charge is 0.228 e. The van der Waals surface area contributed by atoms with Gasteiger partial charge in [0.1, 0.15) is 0 Å². The third-order valence-electron chi connectivity index (χ3n) is 6.24. The molecular formula is C23H23N3O2. The van der Waals surface area contributed by atoms with Crippen molar-refractivity contribution >= 4 is 22.7 Å². The molecule has 2 atom stereocenters. The van der Waals surface area contributed by atoms with Gasteiger partial charge in [0.05, 0.1) is 12.0 Å². The summed E-state index contributed by atoms with van der Waals surface area (Å²) in [6.07, 6.45) is 1.11. The van der Waals surface area contributed by atoms with Crippen LogP contribution in [0.2, 0.25) is 0 Å². The van der Waals surface area contributed by atoms with E-state index in [9.17, 15) is 9.59 Å². The maximum Gasteiger partial charge on any atom is 0.228 e. The lowest BCUT2D eigenvalue weighted by Crippen LogP contribution is -2.41. The SMILES string of the molecule is CN1C(=O)C[C@H](C(=O)N2CCc3[nH]c4ccccc4c3C2)[C@H]1c1ccccc1. The summed E-state index contributed by atoms with van der Waals surface area (Å²) in [4.78, 5) is 33.1. The molecule has 5 rings (SSSR count). The van der Waals surface area contributed by atoms with Gasteiger partial charge in [0.2, 0.25) is 11.8 Å². The Morgan fingerprint density at radius 2 is 1.82 bits per heavy atom. The highest BCUT2D eigenvalue weighted by atomic mass is 16.2. The second-order valence-electron chi connectivity index (χ2n) is 7.81. The molecule has 0 radical (unpaired) electrons. The summed E-state index contributed by atoms with van der Waals surface area (Å²) >= 11 is 0. The molecule has 5 nitrogen and oxygen atoms in total. The zero-order chi connectivity index (χ0) is 19.3. The second-order valence-corrected chi connectivity index (χ2v) is 7.81. The van der Waals surface area contributed by atoms with Gasteiger partial charge in [-0.3, -0.25) is 9.59 Å². The number of rotatable bonds is 2. The summed E-state index contributed by atoms with van der Waals surface area (Å²) < 4.78 is 0. The fourth-order valence-corrected chi connectivity index (χ4v) is 4.79. The molecule has 1 aromatic heterocycles. The van der Waals surface area contributed by atoms with Gasteiger partial charge in [-0.05, 0) is 11.6 Å². The first-order valence-electron chi connectivity index (χ1n) is 9.81. The number of benzene rings is 2. The number of H-pyrrole nitrogens is 1. The molecule has 0 aliphatic carbocycles. The fraction of sp³-hybridized carbons (Fsp3) is 0.304. The van der Waals surface area contributed by atoms with Crippen molar-refractivity contribution in [3.63, 3.8) is 0 Å². The van der Waals surface area contributed by atoms with Crippen molar-refractivity contribution in [1.82, 2.24) is 14.8 Å². The van der Waals surface area contributed by atoms with Crippen molar-refractivity contribution < 1.29 is 9.59 Å². The largest absolute Gasteiger partial charge is 0.358 e. The summed E-state index contributed by atoms with van der Waals surface area (Å²) in [5, 5.41) is 1.19. The van der Waals surface area contributed by atoms with E-state index in [0.717, 1.165) is 17.5 Å². The molecular weight excluding hydrogens is 350 g/mol. The Hall–Kier alpha value is -3.08. The molecule has 2 aliphatic heterocycles. The van der Waals surface area contributed by atoms with E-state index in [2.05, 4.69) is 17.1 Å². The minimum absolute atomic E-state index is 0.0389. The fourth-order valence-electron chi connectivity index (χ4n) is 4.79. The summed E-state index contributed by atoms with van der Waals surface area (Å²) in [5.74, 6) is -0.203. The highest BCUT2D eigenvalue weighted by molar-refractivity contribution is 5.91. The number of hydrogen-bond acceptors (Lipinski definition) is 2. The Balaban J connectivity index is 1.45. The second kappa shape index (κ2) is 6.51. The molecule has 3 heterocycles. The van der Waals surface area contributed by atoms with E-state index in [4.69, 9.17) is 0 Å². The number of likely N-dealkylation sites (tertiary alicyclic amines) is 1. The van der Waals surface area contributed by atoms with Crippen molar-refractivity contribution in [3.8, 4) is 0 Å². The average Bonchev–Trinajstić information content (AvgIpc) is 3.25. The highest BCUT2D eigenvalue weighted by Gasteiger charge is 2.44. The number of amides is 2. The Labute approximate surface area is 163 Å². The zero-order valence-corrected chi connectivity index (χ0v) is 15.9. The molecule has 2 aromatic carbocycles. The quantitative estimate of drug-likeness (QED) is 0.750. The summed E-state index contributed by atoms with van der Waals surface area (Å²) in [6.45, 7) is 1.29. The third-order valence-corrected chi connectivity index (χ3v) is 6.24. The van der Waals surface area contributed by atoms with Gasteiger partial charge in [0, 0.05) is 55.1 Å². The first-order chi connectivity index (χ1) is 13.6. The van der Waals surface area contributed by atoms with Crippen LogP contribution in [0.3, 0.4) is 0 Å². The van der Waals surface area contributed by atoms with Crippen molar-refractivity contribution in [1.29, 1.82) is 0 Å². The van der Waals surface area contributed by atoms with Crippen LogP contribution in [0.25, 0.3) is 10.9 Å². The maximum atomic E-state index is 13.5. The van der Waals surface area contributed by atoms with E-state index < -0.39 is 0 Å². The lowest BCUT2D eigenvalue weighted by atomic mass is 9.91. The van der Waals surface area contributed by atoms with E-state index in [1.54, 1.807) is 11.9 Å². The molecule has 0 spiro atoms. The van der Waals surface area contributed by atoms with Gasteiger partial charge in [-0.15, -0.1) is 0 Å². The summed E-state index contributed by atoms with van der Waals surface area (Å²) in [5.41, 5.74) is 4.59. The van der Waals surface area contributed by atoms with E-state index >= 15 is 0 Å². The van der Waals surface area contributed by atoms with Gasteiger partial charge in [0.25, 0.3) is 0 Å². The van der Waals surface area contributed by atoms with E-state index in [1.165, 1.54) is 16.6 Å². The lowest BCUT2D eigenvalue weighted by Gasteiger charge is -2.32. The van der Waals surface area contributed by atoms with Crippen molar-refractivity contribution in [3.05, 3.63) is 71.4 Å². The first-order valence-corrected chi connectivity index (χ1v) is 9.81. The first kappa shape index (κ1) is 17.0. The van der Waals surface area contributed by atoms with Gasteiger partial charge in [-0.25, -0.2) is 0 Å². The van der Waals surface area contributed by atoms with E-state index in [1.807, 2.05) is 47.4 Å². The standard InChI is InChI=1S/C23H23N3O2/c1-25-21(27)13-17(22(25)15-7-3-2-4-8-15)23(28)26-12-11-20-18(14-26)16-9-5-6-10-19(16)24-20/h2-10,17,22,24H,11-14H2,1H3/t17-,22+/m0/s1. The third kappa shape index (κ3) is 2.61. The number of fused-ring (bicyclic) bond motifs is 3. The molecule has 0 unspecified atom stereocenters. The number of para-hydroxylation sites is 1. The Morgan fingerprint density at radius 3 is 2.64 bits per heavy atom. The van der Waals surface area contributed by atoms with Crippen LogP contribution in [-0.2, 0) is 22.6 Å². The molecule has 1 N–H and O–H groups in total. The van der Waals surface area contributed by atoms with Crippen molar-refractivity contribution in [2.75, 3.05) is 13.6 Å². The van der Waals surface area contributed by atoms with Gasteiger partial charge in [-0.1, -0.05) is 48.5 Å². The van der Waals surface area contributed by atoms with Crippen LogP contribution in [0.5, 0.6) is 0 Å².